The van der Waals surface area contributed by atoms with E-state index in [0.717, 1.165) is 5.39 Å². The lowest BCUT2D eigenvalue weighted by Gasteiger charge is -2.31. The zero-order chi connectivity index (χ0) is 22.8. The van der Waals surface area contributed by atoms with E-state index in [1.165, 1.54) is 0 Å². The van der Waals surface area contributed by atoms with Crippen molar-refractivity contribution in [3.8, 4) is 11.4 Å². The number of pyridine rings is 2. The molecule has 8 heteroatoms. The van der Waals surface area contributed by atoms with Gasteiger partial charge in [-0.1, -0.05) is 25.1 Å². The quantitative estimate of drug-likeness (QED) is 0.292. The molecule has 1 atom stereocenters. The molecular weight excluding hydrogens is 410 g/mol. The van der Waals surface area contributed by atoms with Crippen LogP contribution in [0.25, 0.3) is 22.3 Å². The molecule has 164 valence electrons. The number of aliphatic hydroxyl groups is 1. The van der Waals surface area contributed by atoms with Gasteiger partial charge >= 0.3 is 5.97 Å². The van der Waals surface area contributed by atoms with Crippen LogP contribution in [0.2, 0.25) is 0 Å². The summed E-state index contributed by atoms with van der Waals surface area (Å²) in [6.45, 7) is 5.42. The number of ether oxygens (including phenoxy) is 2. The van der Waals surface area contributed by atoms with Crippen LogP contribution in [0.3, 0.4) is 0 Å². The van der Waals surface area contributed by atoms with Gasteiger partial charge in [-0.25, -0.2) is 9.78 Å². The van der Waals surface area contributed by atoms with Crippen LogP contribution in [0.1, 0.15) is 49.4 Å². The smallest absolute Gasteiger partial charge is 0.343 e. The fraction of sp³-hybridized carbons (Fsp3) is 0.333. The first kappa shape index (κ1) is 20.4. The number of carbonyl (C=O) groups excluding carboxylic acids is 1. The first-order valence-corrected chi connectivity index (χ1v) is 10.6. The van der Waals surface area contributed by atoms with Crippen LogP contribution < -0.4 is 5.56 Å². The zero-order valence-corrected chi connectivity index (χ0v) is 18.1. The summed E-state index contributed by atoms with van der Waals surface area (Å²) >= 11 is 0. The van der Waals surface area contributed by atoms with E-state index < -0.39 is 11.6 Å². The normalized spacial score (nSPS) is 18.8. The fourth-order valence-corrected chi connectivity index (χ4v) is 4.58. The summed E-state index contributed by atoms with van der Waals surface area (Å²) in [6, 6.07) is 9.14. The van der Waals surface area contributed by atoms with Crippen LogP contribution >= 0.6 is 0 Å². The monoisotopic (exact) mass is 433 g/mol. The lowest BCUT2D eigenvalue weighted by molar-refractivity contribution is -0.172. The van der Waals surface area contributed by atoms with Crippen molar-refractivity contribution in [1.82, 2.24) is 9.55 Å². The van der Waals surface area contributed by atoms with Gasteiger partial charge in [0, 0.05) is 16.5 Å². The van der Waals surface area contributed by atoms with Gasteiger partial charge in [0.25, 0.3) is 5.56 Å². The highest BCUT2D eigenvalue weighted by atomic mass is 16.6. The molecule has 5 rings (SSSR count). The molecule has 0 fully saturated rings. The van der Waals surface area contributed by atoms with E-state index in [-0.39, 0.29) is 48.3 Å². The number of benzene rings is 1. The molecule has 1 aromatic carbocycles. The topological polar surface area (TPSA) is 115 Å². The van der Waals surface area contributed by atoms with Gasteiger partial charge in [-0.3, -0.25) is 10.2 Å². The lowest BCUT2D eigenvalue weighted by atomic mass is 9.86. The van der Waals surface area contributed by atoms with Crippen LogP contribution in [-0.2, 0) is 33.0 Å². The third-order valence-corrected chi connectivity index (χ3v) is 6.18. The second kappa shape index (κ2) is 7.00. The summed E-state index contributed by atoms with van der Waals surface area (Å²) in [5, 5.41) is 20.4. The van der Waals surface area contributed by atoms with E-state index >= 15 is 0 Å². The molecule has 4 heterocycles. The minimum atomic E-state index is -1.88. The van der Waals surface area contributed by atoms with E-state index in [9.17, 15) is 14.7 Å². The van der Waals surface area contributed by atoms with Crippen LogP contribution in [0.15, 0.2) is 35.1 Å². The van der Waals surface area contributed by atoms with Crippen LogP contribution in [0, 0.1) is 5.41 Å². The van der Waals surface area contributed by atoms with Gasteiger partial charge in [0.2, 0.25) is 5.90 Å². The third kappa shape index (κ3) is 2.72. The lowest BCUT2D eigenvalue weighted by Crippen LogP contribution is -2.44. The molecule has 2 aliphatic rings. The molecule has 1 unspecified atom stereocenters. The summed E-state index contributed by atoms with van der Waals surface area (Å²) in [7, 11) is 0. The Hall–Kier alpha value is -3.52. The second-order valence-electron chi connectivity index (χ2n) is 8.43. The Kier molecular flexibility index (Phi) is 4.46. The van der Waals surface area contributed by atoms with E-state index in [1.807, 2.05) is 38.1 Å². The molecule has 0 saturated carbocycles. The first-order valence-electron chi connectivity index (χ1n) is 10.6. The molecular formula is C24H23N3O5. The fourth-order valence-electron chi connectivity index (χ4n) is 4.58. The molecule has 2 aliphatic heterocycles. The van der Waals surface area contributed by atoms with Gasteiger partial charge < -0.3 is 19.1 Å². The maximum atomic E-state index is 13.4. The number of nitrogens with one attached hydrogen (secondary N) is 1. The molecule has 3 aromatic rings. The largest absolute Gasteiger partial charge is 0.475 e. The molecule has 2 N–H and O–H groups in total. The van der Waals surface area contributed by atoms with Crippen LogP contribution in [0.5, 0.6) is 0 Å². The Morgan fingerprint density at radius 2 is 2.06 bits per heavy atom. The van der Waals surface area contributed by atoms with Crippen molar-refractivity contribution < 1.29 is 19.4 Å². The van der Waals surface area contributed by atoms with Crippen molar-refractivity contribution in [3.63, 3.8) is 0 Å². The minimum absolute atomic E-state index is 0.0176. The molecule has 0 radical (unpaired) electrons. The van der Waals surface area contributed by atoms with E-state index in [1.54, 1.807) is 17.6 Å². The predicted molar refractivity (Wildman–Crippen MR) is 118 cm³/mol. The van der Waals surface area contributed by atoms with Gasteiger partial charge in [-0.2, -0.15) is 0 Å². The van der Waals surface area contributed by atoms with Crippen molar-refractivity contribution >= 4 is 22.8 Å². The Labute approximate surface area is 183 Å². The van der Waals surface area contributed by atoms with Crippen molar-refractivity contribution in [2.24, 2.45) is 0 Å². The Morgan fingerprint density at radius 3 is 2.78 bits per heavy atom. The second-order valence-corrected chi connectivity index (χ2v) is 8.43. The van der Waals surface area contributed by atoms with E-state index in [4.69, 9.17) is 19.9 Å². The Balaban J connectivity index is 1.81. The van der Waals surface area contributed by atoms with Gasteiger partial charge in [0.05, 0.1) is 40.7 Å². The number of cyclic esters (lactones) is 1. The van der Waals surface area contributed by atoms with Gasteiger partial charge in [0.1, 0.15) is 6.61 Å². The van der Waals surface area contributed by atoms with E-state index in [2.05, 4.69) is 0 Å². The number of aromatic nitrogens is 2. The number of nitrogens with zero attached hydrogens (tertiary/aromatic N) is 2. The highest BCUT2D eigenvalue weighted by Crippen LogP contribution is 2.40. The minimum Gasteiger partial charge on any atom is -0.475 e. The maximum absolute atomic E-state index is 13.4. The number of hydrogen-bond donors (Lipinski definition) is 2. The summed E-state index contributed by atoms with van der Waals surface area (Å²) in [4.78, 5) is 30.5. The molecule has 0 amide bonds. The molecule has 2 aromatic heterocycles. The van der Waals surface area contributed by atoms with Crippen molar-refractivity contribution in [2.75, 3.05) is 0 Å². The van der Waals surface area contributed by atoms with Crippen LogP contribution in [0.4, 0.5) is 0 Å². The molecule has 8 nitrogen and oxygen atoms in total. The van der Waals surface area contributed by atoms with Crippen molar-refractivity contribution in [2.45, 2.75) is 52.0 Å². The summed E-state index contributed by atoms with van der Waals surface area (Å²) < 4.78 is 12.4. The Morgan fingerprint density at radius 1 is 1.31 bits per heavy atom. The molecule has 0 aliphatic carbocycles. The number of rotatable bonds is 3. The zero-order valence-electron chi connectivity index (χ0n) is 18.1. The van der Waals surface area contributed by atoms with Gasteiger partial charge in [-0.05, 0) is 32.4 Å². The van der Waals surface area contributed by atoms with Crippen molar-refractivity contribution in [1.29, 1.82) is 5.41 Å². The number of carbonyl (C=O) groups is 1. The van der Waals surface area contributed by atoms with Gasteiger partial charge in [-0.15, -0.1) is 0 Å². The number of para-hydroxylation sites is 1. The number of esters is 1. The summed E-state index contributed by atoms with van der Waals surface area (Å²) in [5.74, 6) is -0.738. The molecule has 0 spiro atoms. The first-order chi connectivity index (χ1) is 15.3. The molecule has 0 saturated heterocycles. The molecule has 32 heavy (non-hydrogen) atoms. The number of fused-ring (bicyclic) bond motifs is 5. The Bertz CT molecular complexity index is 1370. The average molecular weight is 433 g/mol. The molecule has 0 bridgehead atoms. The summed E-state index contributed by atoms with van der Waals surface area (Å²) in [6.07, 6.45) is -0.107. The maximum Gasteiger partial charge on any atom is 0.343 e. The van der Waals surface area contributed by atoms with Crippen molar-refractivity contribution in [3.05, 3.63) is 62.9 Å². The van der Waals surface area contributed by atoms with E-state index in [0.29, 0.717) is 28.0 Å². The highest BCUT2D eigenvalue weighted by Gasteiger charge is 2.45. The van der Waals surface area contributed by atoms with Gasteiger partial charge in [0.15, 0.2) is 5.60 Å². The highest BCUT2D eigenvalue weighted by molar-refractivity contribution is 6.08. The summed E-state index contributed by atoms with van der Waals surface area (Å²) in [5.41, 5.74) is 1.36. The average Bonchev–Trinajstić information content (AvgIpc) is 3.13. The third-order valence-electron chi connectivity index (χ3n) is 6.18. The SMILES string of the molecule is CCC1(O)C(=O)OCc2c1cc1n(c2=O)Cc2c-1nc1ccccc1c2C(=N)OC(C)C. The number of hydrogen-bond acceptors (Lipinski definition) is 7. The predicted octanol–water partition coefficient (Wildman–Crippen LogP) is 2.83. The standard InChI is InChI=1S/C24H23N3O5/c1-4-24(30)16-9-18-20-14(10-27(18)22(28)15(16)11-31-23(24)29)19(21(25)32-12(2)3)13-7-5-6-8-17(13)26-20/h5-9,12,25,30H,4,10-11H2,1-3H3. The van der Waals surface area contributed by atoms with Crippen LogP contribution in [-0.4, -0.2) is 32.6 Å².